The largest absolute Gasteiger partial charge is 0.341 e. The summed E-state index contributed by atoms with van der Waals surface area (Å²) in [5, 5.41) is 0. The summed E-state index contributed by atoms with van der Waals surface area (Å²) in [6.45, 7) is 1.74. The number of benzene rings is 1. The van der Waals surface area contributed by atoms with E-state index in [4.69, 9.17) is 0 Å². The number of carbonyl (C=O) groups excluding carboxylic acids is 1. The number of sulfone groups is 1. The average molecular weight is 301 g/mol. The van der Waals surface area contributed by atoms with E-state index in [1.807, 2.05) is 30.3 Å². The fourth-order valence-electron chi connectivity index (χ4n) is 1.56. The molecule has 0 spiro atoms. The van der Waals surface area contributed by atoms with Crippen LogP contribution >= 0.6 is 11.8 Å². The molecule has 106 valence electrons. The highest BCUT2D eigenvalue weighted by molar-refractivity contribution is 8.00. The molecule has 1 amide bonds. The molecule has 0 aromatic heterocycles. The van der Waals surface area contributed by atoms with Crippen molar-refractivity contribution in [1.29, 1.82) is 0 Å². The van der Waals surface area contributed by atoms with Crippen molar-refractivity contribution in [3.63, 3.8) is 0 Å². The molecule has 0 saturated heterocycles. The van der Waals surface area contributed by atoms with Gasteiger partial charge in [0.05, 0.1) is 11.5 Å². The molecule has 1 aromatic rings. The predicted octanol–water partition coefficient (Wildman–Crippen LogP) is 1.67. The van der Waals surface area contributed by atoms with Crippen LogP contribution in [0.5, 0.6) is 0 Å². The lowest BCUT2D eigenvalue weighted by Crippen LogP contribution is -2.40. The van der Waals surface area contributed by atoms with E-state index < -0.39 is 9.84 Å². The first-order valence-electron chi connectivity index (χ1n) is 5.91. The summed E-state index contributed by atoms with van der Waals surface area (Å²) in [5.41, 5.74) is 0. The lowest BCUT2D eigenvalue weighted by molar-refractivity contribution is -0.128. The van der Waals surface area contributed by atoms with E-state index in [2.05, 4.69) is 0 Å². The molecule has 6 heteroatoms. The fourth-order valence-corrected chi connectivity index (χ4v) is 3.50. The maximum atomic E-state index is 12.0. The van der Waals surface area contributed by atoms with Crippen LogP contribution in [-0.4, -0.2) is 50.1 Å². The van der Waals surface area contributed by atoms with Crippen LogP contribution in [0.4, 0.5) is 0 Å². The molecule has 0 bridgehead atoms. The van der Waals surface area contributed by atoms with Crippen LogP contribution in [0, 0.1) is 0 Å². The highest BCUT2D eigenvalue weighted by Gasteiger charge is 2.19. The summed E-state index contributed by atoms with van der Waals surface area (Å²) in [5.74, 6) is 0.241. The first-order chi connectivity index (χ1) is 8.79. The average Bonchev–Trinajstić information content (AvgIpc) is 2.34. The molecule has 4 nitrogen and oxygen atoms in total. The minimum Gasteiger partial charge on any atom is -0.341 e. The fraction of sp³-hybridized carbons (Fsp3) is 0.462. The van der Waals surface area contributed by atoms with Crippen molar-refractivity contribution in [3.8, 4) is 0 Å². The molecular weight excluding hydrogens is 282 g/mol. The van der Waals surface area contributed by atoms with Crippen molar-refractivity contribution in [2.24, 2.45) is 0 Å². The van der Waals surface area contributed by atoms with Crippen molar-refractivity contribution in [3.05, 3.63) is 30.3 Å². The van der Waals surface area contributed by atoms with E-state index in [1.165, 1.54) is 22.9 Å². The van der Waals surface area contributed by atoms with Gasteiger partial charge in [0.1, 0.15) is 9.84 Å². The Kier molecular flexibility index (Phi) is 5.87. The van der Waals surface area contributed by atoms with Crippen LogP contribution in [0.2, 0.25) is 0 Å². The van der Waals surface area contributed by atoms with Crippen molar-refractivity contribution in [2.75, 3.05) is 24.8 Å². The van der Waals surface area contributed by atoms with Crippen molar-refractivity contribution in [1.82, 2.24) is 4.90 Å². The standard InChI is InChI=1S/C13H19NO3S2/c1-11(10-19(3,16)17)14(2)13(15)9-18-12-7-5-4-6-8-12/h4-8,11H,9-10H2,1-3H3. The van der Waals surface area contributed by atoms with Gasteiger partial charge in [0.2, 0.25) is 5.91 Å². The van der Waals surface area contributed by atoms with E-state index in [1.54, 1.807) is 14.0 Å². The molecule has 0 aliphatic heterocycles. The summed E-state index contributed by atoms with van der Waals surface area (Å²) in [6.07, 6.45) is 1.18. The van der Waals surface area contributed by atoms with Crippen LogP contribution in [0.15, 0.2) is 35.2 Å². The van der Waals surface area contributed by atoms with E-state index in [9.17, 15) is 13.2 Å². The highest BCUT2D eigenvalue weighted by Crippen LogP contribution is 2.17. The molecular formula is C13H19NO3S2. The number of nitrogens with zero attached hydrogens (tertiary/aromatic N) is 1. The van der Waals surface area contributed by atoms with E-state index >= 15 is 0 Å². The SMILES string of the molecule is CC(CS(C)(=O)=O)N(C)C(=O)CSc1ccccc1. The number of carbonyl (C=O) groups is 1. The van der Waals surface area contributed by atoms with Crippen molar-refractivity contribution < 1.29 is 13.2 Å². The molecule has 0 radical (unpaired) electrons. The summed E-state index contributed by atoms with van der Waals surface area (Å²) in [6, 6.07) is 9.34. The number of amides is 1. The lowest BCUT2D eigenvalue weighted by atomic mass is 10.3. The highest BCUT2D eigenvalue weighted by atomic mass is 32.2. The topological polar surface area (TPSA) is 54.5 Å². The molecule has 0 fully saturated rings. The summed E-state index contributed by atoms with van der Waals surface area (Å²) >= 11 is 1.45. The van der Waals surface area contributed by atoms with Gasteiger partial charge in [-0.2, -0.15) is 0 Å². The molecule has 0 N–H and O–H groups in total. The molecule has 1 atom stereocenters. The van der Waals surface area contributed by atoms with Crippen LogP contribution in [0.3, 0.4) is 0 Å². The Balaban J connectivity index is 2.49. The van der Waals surface area contributed by atoms with Crippen LogP contribution in [-0.2, 0) is 14.6 Å². The van der Waals surface area contributed by atoms with E-state index in [0.717, 1.165) is 4.90 Å². The van der Waals surface area contributed by atoms with Gasteiger partial charge in [-0.15, -0.1) is 11.8 Å². The number of rotatable bonds is 6. The van der Waals surface area contributed by atoms with Crippen LogP contribution < -0.4 is 0 Å². The van der Waals surface area contributed by atoms with Gasteiger partial charge in [-0.05, 0) is 19.1 Å². The van der Waals surface area contributed by atoms with E-state index in [-0.39, 0.29) is 17.7 Å². The second-order valence-corrected chi connectivity index (χ2v) is 7.78. The zero-order valence-corrected chi connectivity index (χ0v) is 13.0. The Morgan fingerprint density at radius 3 is 2.42 bits per heavy atom. The Hall–Kier alpha value is -1.01. The Labute approximate surface area is 119 Å². The quantitative estimate of drug-likeness (QED) is 0.750. The van der Waals surface area contributed by atoms with Crippen LogP contribution in [0.25, 0.3) is 0 Å². The van der Waals surface area contributed by atoms with Gasteiger partial charge in [0.25, 0.3) is 0 Å². The second-order valence-electron chi connectivity index (χ2n) is 4.55. The molecule has 0 aliphatic rings. The molecule has 0 aliphatic carbocycles. The van der Waals surface area contributed by atoms with Crippen molar-refractivity contribution >= 4 is 27.5 Å². The third-order valence-electron chi connectivity index (χ3n) is 2.70. The van der Waals surface area contributed by atoms with Crippen molar-refractivity contribution in [2.45, 2.75) is 17.9 Å². The Morgan fingerprint density at radius 2 is 1.89 bits per heavy atom. The van der Waals surface area contributed by atoms with Gasteiger partial charge >= 0.3 is 0 Å². The summed E-state index contributed by atoms with van der Waals surface area (Å²) in [7, 11) is -1.43. The maximum Gasteiger partial charge on any atom is 0.232 e. The molecule has 1 unspecified atom stereocenters. The Morgan fingerprint density at radius 1 is 1.32 bits per heavy atom. The zero-order valence-electron chi connectivity index (χ0n) is 11.4. The van der Waals surface area contributed by atoms with E-state index in [0.29, 0.717) is 5.75 Å². The van der Waals surface area contributed by atoms with Gasteiger partial charge in [0.15, 0.2) is 0 Å². The molecule has 1 rings (SSSR count). The second kappa shape index (κ2) is 6.96. The minimum atomic E-state index is -3.07. The monoisotopic (exact) mass is 301 g/mol. The molecule has 0 heterocycles. The summed E-state index contributed by atoms with van der Waals surface area (Å²) in [4.78, 5) is 14.5. The van der Waals surface area contributed by atoms with Crippen LogP contribution in [0.1, 0.15) is 6.92 Å². The first kappa shape index (κ1) is 16.0. The number of hydrogen-bond acceptors (Lipinski definition) is 4. The number of hydrogen-bond donors (Lipinski definition) is 0. The lowest BCUT2D eigenvalue weighted by Gasteiger charge is -2.24. The van der Waals surface area contributed by atoms with Gasteiger partial charge < -0.3 is 4.90 Å². The number of thioether (sulfide) groups is 1. The van der Waals surface area contributed by atoms with Gasteiger partial charge in [-0.25, -0.2) is 8.42 Å². The maximum absolute atomic E-state index is 12.0. The first-order valence-corrected chi connectivity index (χ1v) is 8.95. The smallest absolute Gasteiger partial charge is 0.232 e. The third-order valence-corrected chi connectivity index (χ3v) is 4.79. The normalized spacial score (nSPS) is 13.0. The zero-order chi connectivity index (χ0) is 14.5. The molecule has 19 heavy (non-hydrogen) atoms. The van der Waals surface area contributed by atoms with Gasteiger partial charge in [-0.3, -0.25) is 4.79 Å². The predicted molar refractivity (Wildman–Crippen MR) is 79.1 cm³/mol. The minimum absolute atomic E-state index is 0.00869. The summed E-state index contributed by atoms with van der Waals surface area (Å²) < 4.78 is 22.4. The van der Waals surface area contributed by atoms with Gasteiger partial charge in [0, 0.05) is 24.2 Å². The Bertz CT molecular complexity index is 514. The third kappa shape index (κ3) is 6.11. The molecule has 0 saturated carbocycles. The van der Waals surface area contributed by atoms with Gasteiger partial charge in [-0.1, -0.05) is 18.2 Å². The molecule has 1 aromatic carbocycles.